The molecule has 3 saturated heterocycles. The molecule has 0 saturated carbocycles. The maximum absolute atomic E-state index is 12.5. The smallest absolute Gasteiger partial charge is 0.246 e. The van der Waals surface area contributed by atoms with E-state index in [4.69, 9.17) is 4.74 Å². The summed E-state index contributed by atoms with van der Waals surface area (Å²) in [6.07, 6.45) is 3.78. The van der Waals surface area contributed by atoms with Gasteiger partial charge in [0.25, 0.3) is 0 Å². The molecule has 3 heterocycles. The summed E-state index contributed by atoms with van der Waals surface area (Å²) in [6.45, 7) is 4.68. The summed E-state index contributed by atoms with van der Waals surface area (Å²) < 4.78 is 5.38. The zero-order valence-corrected chi connectivity index (χ0v) is 11.5. The maximum atomic E-state index is 12.5. The van der Waals surface area contributed by atoms with Gasteiger partial charge in [-0.25, -0.2) is 0 Å². The lowest BCUT2D eigenvalue weighted by Crippen LogP contribution is -2.60. The van der Waals surface area contributed by atoms with Crippen molar-refractivity contribution in [1.29, 1.82) is 0 Å². The second kappa shape index (κ2) is 5.12. The van der Waals surface area contributed by atoms with E-state index in [1.54, 1.807) is 4.90 Å². The van der Waals surface area contributed by atoms with Crippen molar-refractivity contribution in [3.63, 3.8) is 0 Å². The normalized spacial score (nSPS) is 30.7. The first-order chi connectivity index (χ1) is 9.18. The minimum absolute atomic E-state index is 0.126. The van der Waals surface area contributed by atoms with E-state index >= 15 is 0 Å². The molecule has 3 aliphatic rings. The van der Waals surface area contributed by atoms with Crippen molar-refractivity contribution in [2.45, 2.75) is 44.7 Å². The van der Waals surface area contributed by atoms with Gasteiger partial charge in [0.2, 0.25) is 11.8 Å². The maximum Gasteiger partial charge on any atom is 0.246 e. The van der Waals surface area contributed by atoms with E-state index in [9.17, 15) is 9.59 Å². The van der Waals surface area contributed by atoms with Gasteiger partial charge in [-0.2, -0.15) is 0 Å². The molecule has 0 aliphatic carbocycles. The molecule has 0 bridgehead atoms. The zero-order valence-electron chi connectivity index (χ0n) is 11.5. The Morgan fingerprint density at radius 3 is 2.68 bits per heavy atom. The van der Waals surface area contributed by atoms with Crippen LogP contribution in [0.5, 0.6) is 0 Å². The molecule has 0 aromatic rings. The zero-order chi connectivity index (χ0) is 13.4. The number of amides is 2. The predicted molar refractivity (Wildman–Crippen MR) is 69.5 cm³/mol. The second-order valence-corrected chi connectivity index (χ2v) is 5.90. The molecule has 2 atom stereocenters. The Balaban J connectivity index is 1.72. The Kier molecular flexibility index (Phi) is 3.48. The minimum atomic E-state index is -0.177. The van der Waals surface area contributed by atoms with Gasteiger partial charge in [0, 0.05) is 25.8 Å². The molecule has 106 valence electrons. The lowest BCUT2D eigenvalue weighted by atomic mass is 9.90. The van der Waals surface area contributed by atoms with Gasteiger partial charge in [-0.05, 0) is 38.5 Å². The number of piperazine rings is 1. The molecule has 0 aromatic heterocycles. The first-order valence-electron chi connectivity index (χ1n) is 7.36. The van der Waals surface area contributed by atoms with Crippen molar-refractivity contribution in [2.75, 3.05) is 26.3 Å². The first kappa shape index (κ1) is 12.9. The van der Waals surface area contributed by atoms with Gasteiger partial charge < -0.3 is 14.5 Å². The van der Waals surface area contributed by atoms with E-state index in [0.717, 1.165) is 45.4 Å². The van der Waals surface area contributed by atoms with Crippen LogP contribution in [0.2, 0.25) is 0 Å². The van der Waals surface area contributed by atoms with Crippen LogP contribution >= 0.6 is 0 Å². The second-order valence-electron chi connectivity index (χ2n) is 5.90. The van der Waals surface area contributed by atoms with Crippen molar-refractivity contribution in [3.8, 4) is 0 Å². The van der Waals surface area contributed by atoms with Crippen LogP contribution in [0.15, 0.2) is 0 Å². The number of hydrogen-bond acceptors (Lipinski definition) is 3. The molecule has 5 heteroatoms. The molecule has 3 rings (SSSR count). The van der Waals surface area contributed by atoms with Crippen LogP contribution < -0.4 is 0 Å². The lowest BCUT2D eigenvalue weighted by molar-refractivity contribution is -0.157. The van der Waals surface area contributed by atoms with Crippen LogP contribution in [0.4, 0.5) is 0 Å². The molecule has 19 heavy (non-hydrogen) atoms. The molecule has 3 fully saturated rings. The fourth-order valence-electron chi connectivity index (χ4n) is 3.63. The Hall–Kier alpha value is -1.10. The fraction of sp³-hybridized carbons (Fsp3) is 0.857. The van der Waals surface area contributed by atoms with Crippen LogP contribution in [-0.2, 0) is 14.3 Å². The van der Waals surface area contributed by atoms with E-state index in [1.165, 1.54) is 0 Å². The van der Waals surface area contributed by atoms with Gasteiger partial charge in [-0.3, -0.25) is 9.59 Å². The summed E-state index contributed by atoms with van der Waals surface area (Å²) in [5.74, 6) is 0.760. The van der Waals surface area contributed by atoms with Crippen LogP contribution in [-0.4, -0.2) is 60.0 Å². The van der Waals surface area contributed by atoms with Crippen molar-refractivity contribution in [1.82, 2.24) is 9.80 Å². The van der Waals surface area contributed by atoms with Crippen molar-refractivity contribution in [3.05, 3.63) is 0 Å². The van der Waals surface area contributed by atoms with Gasteiger partial charge in [0.15, 0.2) is 0 Å². The van der Waals surface area contributed by atoms with E-state index in [1.807, 2.05) is 4.90 Å². The summed E-state index contributed by atoms with van der Waals surface area (Å²) in [5, 5.41) is 0. The third kappa shape index (κ3) is 2.24. The molecule has 0 radical (unpaired) electrons. The van der Waals surface area contributed by atoms with E-state index in [0.29, 0.717) is 5.92 Å². The number of nitrogens with zero attached hydrogens (tertiary/aromatic N) is 2. The third-order valence-electron chi connectivity index (χ3n) is 4.89. The predicted octanol–water partition coefficient (Wildman–Crippen LogP) is 0.635. The molecule has 5 nitrogen and oxygen atoms in total. The highest BCUT2D eigenvalue weighted by molar-refractivity contribution is 5.95. The van der Waals surface area contributed by atoms with Crippen molar-refractivity contribution < 1.29 is 14.3 Å². The van der Waals surface area contributed by atoms with Gasteiger partial charge in [0.1, 0.15) is 12.6 Å². The average Bonchev–Trinajstić information content (AvgIpc) is 2.93. The summed E-state index contributed by atoms with van der Waals surface area (Å²) in [6, 6.07) is -0.0216. The average molecular weight is 266 g/mol. The molecule has 0 spiro atoms. The minimum Gasteiger partial charge on any atom is -0.381 e. The van der Waals surface area contributed by atoms with Crippen LogP contribution in [0.25, 0.3) is 0 Å². The van der Waals surface area contributed by atoms with E-state index in [2.05, 4.69) is 6.92 Å². The first-order valence-corrected chi connectivity index (χ1v) is 7.36. The number of fused-ring (bicyclic) bond motifs is 1. The van der Waals surface area contributed by atoms with E-state index in [-0.39, 0.29) is 30.4 Å². The Morgan fingerprint density at radius 2 is 1.95 bits per heavy atom. The number of ether oxygens (including phenoxy) is 1. The fourth-order valence-corrected chi connectivity index (χ4v) is 3.63. The van der Waals surface area contributed by atoms with Gasteiger partial charge in [-0.15, -0.1) is 0 Å². The van der Waals surface area contributed by atoms with Gasteiger partial charge in [-0.1, -0.05) is 0 Å². The SMILES string of the molecule is CC(C1CCOCC1)N1CC(=O)N2CCCC2C1=O. The molecule has 0 N–H and O–H groups in total. The number of rotatable bonds is 2. The summed E-state index contributed by atoms with van der Waals surface area (Å²) in [4.78, 5) is 28.3. The standard InChI is InChI=1S/C14H22N2O3/c1-10(11-4-7-19-8-5-11)16-9-13(17)15-6-2-3-12(15)14(16)18/h10-12H,2-9H2,1H3. The summed E-state index contributed by atoms with van der Waals surface area (Å²) >= 11 is 0. The highest BCUT2D eigenvalue weighted by Gasteiger charge is 2.44. The topological polar surface area (TPSA) is 49.9 Å². The molecule has 2 amide bonds. The molecule has 2 unspecified atom stereocenters. The highest BCUT2D eigenvalue weighted by atomic mass is 16.5. The van der Waals surface area contributed by atoms with Crippen LogP contribution in [0.1, 0.15) is 32.6 Å². The monoisotopic (exact) mass is 266 g/mol. The molecule has 3 aliphatic heterocycles. The third-order valence-corrected chi connectivity index (χ3v) is 4.89. The number of hydrogen-bond donors (Lipinski definition) is 0. The number of carbonyl (C=O) groups excluding carboxylic acids is 2. The quantitative estimate of drug-likeness (QED) is 0.737. The number of carbonyl (C=O) groups is 2. The largest absolute Gasteiger partial charge is 0.381 e. The molecular formula is C14H22N2O3. The highest BCUT2D eigenvalue weighted by Crippen LogP contribution is 2.29. The lowest BCUT2D eigenvalue weighted by Gasteiger charge is -2.42. The van der Waals surface area contributed by atoms with Crippen LogP contribution in [0, 0.1) is 5.92 Å². The van der Waals surface area contributed by atoms with E-state index < -0.39 is 0 Å². The summed E-state index contributed by atoms with van der Waals surface area (Å²) in [7, 11) is 0. The Morgan fingerprint density at radius 1 is 1.21 bits per heavy atom. The van der Waals surface area contributed by atoms with Crippen molar-refractivity contribution >= 4 is 11.8 Å². The van der Waals surface area contributed by atoms with Crippen molar-refractivity contribution in [2.24, 2.45) is 5.92 Å². The van der Waals surface area contributed by atoms with Crippen LogP contribution in [0.3, 0.4) is 0 Å². The van der Waals surface area contributed by atoms with Gasteiger partial charge in [0.05, 0.1) is 0 Å². The molecule has 0 aromatic carbocycles. The Labute approximate surface area is 113 Å². The summed E-state index contributed by atoms with van der Waals surface area (Å²) in [5.41, 5.74) is 0. The Bertz CT molecular complexity index is 379. The molecular weight excluding hydrogens is 244 g/mol. The van der Waals surface area contributed by atoms with Gasteiger partial charge >= 0.3 is 0 Å².